The predicted molar refractivity (Wildman–Crippen MR) is 96.7 cm³/mol. The van der Waals surface area contributed by atoms with Gasteiger partial charge in [-0.15, -0.1) is 0 Å². The van der Waals surface area contributed by atoms with Crippen molar-refractivity contribution in [2.75, 3.05) is 20.2 Å². The lowest BCUT2D eigenvalue weighted by Crippen LogP contribution is -2.39. The van der Waals surface area contributed by atoms with Gasteiger partial charge in [0.25, 0.3) is 0 Å². The minimum Gasteiger partial charge on any atom is -0.465 e. The minimum absolute atomic E-state index is 0.0231. The van der Waals surface area contributed by atoms with E-state index in [0.29, 0.717) is 43.0 Å². The second-order valence-corrected chi connectivity index (χ2v) is 6.74. The van der Waals surface area contributed by atoms with Crippen molar-refractivity contribution < 1.29 is 23.1 Å². The number of esters is 1. The predicted octanol–water partition coefficient (Wildman–Crippen LogP) is 2.80. The molecule has 0 spiro atoms. The van der Waals surface area contributed by atoms with Crippen LogP contribution in [0, 0.1) is 18.6 Å². The molecule has 0 radical (unpaired) electrons. The number of carbonyl (C=O) groups excluding carboxylic acids is 2. The zero-order chi connectivity index (χ0) is 20.3. The van der Waals surface area contributed by atoms with Gasteiger partial charge in [-0.1, -0.05) is 6.07 Å². The molecule has 1 aromatic carbocycles. The average Bonchev–Trinajstić information content (AvgIpc) is 2.70. The lowest BCUT2D eigenvalue weighted by molar-refractivity contribution is -0.131. The Morgan fingerprint density at radius 2 is 1.86 bits per heavy atom. The van der Waals surface area contributed by atoms with E-state index < -0.39 is 17.6 Å². The normalized spacial score (nSPS) is 14.8. The maximum atomic E-state index is 13.8. The molecule has 0 atom stereocenters. The standard InChI is InChI=1S/C20H21F2N3O3/c1-12-23-11-15(20(27)28-2)19(24-12)13-6-8-25(9-7-13)18(26)10-14-16(21)4-3-5-17(14)22/h3-5,11,13H,6-10H2,1-2H3. The Morgan fingerprint density at radius 1 is 1.21 bits per heavy atom. The Morgan fingerprint density at radius 3 is 2.46 bits per heavy atom. The van der Waals surface area contributed by atoms with Crippen LogP contribution in [0.2, 0.25) is 0 Å². The summed E-state index contributed by atoms with van der Waals surface area (Å²) >= 11 is 0. The number of methoxy groups -OCH3 is 1. The van der Waals surface area contributed by atoms with Crippen LogP contribution < -0.4 is 0 Å². The van der Waals surface area contributed by atoms with Crippen molar-refractivity contribution >= 4 is 11.9 Å². The molecule has 1 aliphatic rings. The molecule has 28 heavy (non-hydrogen) atoms. The van der Waals surface area contributed by atoms with Gasteiger partial charge >= 0.3 is 5.97 Å². The SMILES string of the molecule is COC(=O)c1cnc(C)nc1C1CCN(C(=O)Cc2c(F)cccc2F)CC1. The molecular weight excluding hydrogens is 368 g/mol. The lowest BCUT2D eigenvalue weighted by atomic mass is 9.90. The monoisotopic (exact) mass is 389 g/mol. The summed E-state index contributed by atoms with van der Waals surface area (Å²) in [7, 11) is 1.30. The zero-order valence-corrected chi connectivity index (χ0v) is 15.7. The van der Waals surface area contributed by atoms with Crippen LogP contribution in [-0.4, -0.2) is 46.9 Å². The third-order valence-corrected chi connectivity index (χ3v) is 4.97. The molecule has 0 unspecified atom stereocenters. The Kier molecular flexibility index (Phi) is 5.96. The van der Waals surface area contributed by atoms with E-state index >= 15 is 0 Å². The number of rotatable bonds is 4. The molecule has 2 heterocycles. The van der Waals surface area contributed by atoms with Crippen LogP contribution in [0.4, 0.5) is 8.78 Å². The topological polar surface area (TPSA) is 72.4 Å². The van der Waals surface area contributed by atoms with Crippen LogP contribution in [0.3, 0.4) is 0 Å². The van der Waals surface area contributed by atoms with E-state index in [1.54, 1.807) is 11.8 Å². The summed E-state index contributed by atoms with van der Waals surface area (Å²) in [6, 6.07) is 3.56. The van der Waals surface area contributed by atoms with Crippen molar-refractivity contribution in [2.45, 2.75) is 32.1 Å². The fraction of sp³-hybridized carbons (Fsp3) is 0.400. The highest BCUT2D eigenvalue weighted by atomic mass is 19.1. The van der Waals surface area contributed by atoms with Crippen LogP contribution >= 0.6 is 0 Å². The van der Waals surface area contributed by atoms with E-state index in [1.807, 2.05) is 0 Å². The molecule has 6 nitrogen and oxygen atoms in total. The number of hydrogen-bond acceptors (Lipinski definition) is 5. The van der Waals surface area contributed by atoms with E-state index in [0.717, 1.165) is 12.1 Å². The highest BCUT2D eigenvalue weighted by Gasteiger charge is 2.29. The quantitative estimate of drug-likeness (QED) is 0.752. The Hall–Kier alpha value is -2.90. The zero-order valence-electron chi connectivity index (χ0n) is 15.7. The van der Waals surface area contributed by atoms with Crippen LogP contribution in [-0.2, 0) is 16.0 Å². The van der Waals surface area contributed by atoms with Gasteiger partial charge in [0.05, 0.1) is 24.8 Å². The third-order valence-electron chi connectivity index (χ3n) is 4.97. The van der Waals surface area contributed by atoms with Gasteiger partial charge < -0.3 is 9.64 Å². The third kappa shape index (κ3) is 4.16. The summed E-state index contributed by atoms with van der Waals surface area (Å²) in [4.78, 5) is 34.5. The first kappa shape index (κ1) is 19.9. The van der Waals surface area contributed by atoms with Gasteiger partial charge in [0.2, 0.25) is 5.91 Å². The van der Waals surface area contributed by atoms with E-state index in [4.69, 9.17) is 4.74 Å². The number of carbonyl (C=O) groups is 2. The summed E-state index contributed by atoms with van der Waals surface area (Å²) in [5, 5.41) is 0. The smallest absolute Gasteiger partial charge is 0.341 e. The van der Waals surface area contributed by atoms with Crippen LogP contribution in [0.5, 0.6) is 0 Å². The van der Waals surface area contributed by atoms with Crippen LogP contribution in [0.15, 0.2) is 24.4 Å². The number of likely N-dealkylation sites (tertiary alicyclic amines) is 1. The highest BCUT2D eigenvalue weighted by Crippen LogP contribution is 2.29. The highest BCUT2D eigenvalue weighted by molar-refractivity contribution is 5.90. The fourth-order valence-corrected chi connectivity index (χ4v) is 3.43. The molecule has 0 aliphatic carbocycles. The molecule has 1 amide bonds. The molecule has 1 aromatic heterocycles. The summed E-state index contributed by atoms with van der Waals surface area (Å²) < 4.78 is 32.4. The van der Waals surface area contributed by atoms with Gasteiger partial charge in [-0.05, 0) is 31.9 Å². The van der Waals surface area contributed by atoms with Gasteiger partial charge in [-0.2, -0.15) is 0 Å². The first-order valence-corrected chi connectivity index (χ1v) is 9.03. The molecule has 0 saturated carbocycles. The van der Waals surface area contributed by atoms with Crippen molar-refractivity contribution in [3.8, 4) is 0 Å². The largest absolute Gasteiger partial charge is 0.465 e. The van der Waals surface area contributed by atoms with E-state index in [9.17, 15) is 18.4 Å². The van der Waals surface area contributed by atoms with Crippen molar-refractivity contribution in [2.24, 2.45) is 0 Å². The van der Waals surface area contributed by atoms with Gasteiger partial charge in [0.1, 0.15) is 17.5 Å². The van der Waals surface area contributed by atoms with Gasteiger partial charge in [0.15, 0.2) is 0 Å². The van der Waals surface area contributed by atoms with Crippen molar-refractivity contribution in [1.82, 2.24) is 14.9 Å². The summed E-state index contributed by atoms with van der Waals surface area (Å²) in [6.45, 7) is 2.58. The van der Waals surface area contributed by atoms with Crippen LogP contribution in [0.25, 0.3) is 0 Å². The Labute approximate surface area is 161 Å². The number of hydrogen-bond donors (Lipinski definition) is 0. The number of nitrogens with zero attached hydrogens (tertiary/aromatic N) is 3. The molecule has 0 bridgehead atoms. The number of halogens is 2. The molecule has 1 fully saturated rings. The van der Waals surface area contributed by atoms with E-state index in [1.165, 1.54) is 19.4 Å². The first-order chi connectivity index (χ1) is 13.4. The maximum absolute atomic E-state index is 13.8. The number of aromatic nitrogens is 2. The van der Waals surface area contributed by atoms with E-state index in [-0.39, 0.29) is 23.8 Å². The Bertz CT molecular complexity index is 876. The van der Waals surface area contributed by atoms with Gasteiger partial charge in [0, 0.05) is 30.8 Å². The maximum Gasteiger partial charge on any atom is 0.341 e. The molecule has 1 aliphatic heterocycles. The molecule has 1 saturated heterocycles. The second kappa shape index (κ2) is 8.41. The van der Waals surface area contributed by atoms with E-state index in [2.05, 4.69) is 9.97 Å². The van der Waals surface area contributed by atoms with Crippen LogP contribution in [0.1, 0.15) is 46.2 Å². The summed E-state index contributed by atoms with van der Waals surface area (Å²) in [5.74, 6) is -1.73. The number of benzene rings is 1. The molecular formula is C20H21F2N3O3. The second-order valence-electron chi connectivity index (χ2n) is 6.74. The fourth-order valence-electron chi connectivity index (χ4n) is 3.43. The molecule has 148 valence electrons. The molecule has 3 rings (SSSR count). The van der Waals surface area contributed by atoms with Crippen molar-refractivity contribution in [1.29, 1.82) is 0 Å². The van der Waals surface area contributed by atoms with Gasteiger partial charge in [-0.25, -0.2) is 23.5 Å². The number of ether oxygens (including phenoxy) is 1. The average molecular weight is 389 g/mol. The number of aryl methyl sites for hydroxylation is 1. The van der Waals surface area contributed by atoms with Gasteiger partial charge in [-0.3, -0.25) is 4.79 Å². The first-order valence-electron chi connectivity index (χ1n) is 9.03. The summed E-state index contributed by atoms with van der Waals surface area (Å²) in [6.07, 6.45) is 2.32. The number of piperidine rings is 1. The minimum atomic E-state index is -0.720. The lowest BCUT2D eigenvalue weighted by Gasteiger charge is -2.32. The Balaban J connectivity index is 1.69. The number of amides is 1. The summed E-state index contributed by atoms with van der Waals surface area (Å²) in [5.41, 5.74) is 0.729. The van der Waals surface area contributed by atoms with Crippen molar-refractivity contribution in [3.05, 3.63) is 58.7 Å². The molecule has 2 aromatic rings. The molecule has 8 heteroatoms. The van der Waals surface area contributed by atoms with Crippen molar-refractivity contribution in [3.63, 3.8) is 0 Å². The molecule has 0 N–H and O–H groups in total.